The lowest BCUT2D eigenvalue weighted by Crippen LogP contribution is -2.63. The van der Waals surface area contributed by atoms with Crippen molar-refractivity contribution in [3.8, 4) is 11.5 Å². The van der Waals surface area contributed by atoms with Gasteiger partial charge in [-0.1, -0.05) is 43.6 Å². The first-order valence-corrected chi connectivity index (χ1v) is 12.5. The van der Waals surface area contributed by atoms with Crippen LogP contribution in [0.3, 0.4) is 0 Å². The Bertz CT molecular complexity index is 954. The summed E-state index contributed by atoms with van der Waals surface area (Å²) in [5.41, 5.74) is 3.71. The molecule has 0 spiro atoms. The van der Waals surface area contributed by atoms with Crippen molar-refractivity contribution in [1.29, 1.82) is 0 Å². The summed E-state index contributed by atoms with van der Waals surface area (Å²) >= 11 is 5.99. The van der Waals surface area contributed by atoms with Crippen molar-refractivity contribution in [2.24, 2.45) is 16.7 Å². The molecule has 2 aromatic carbocycles. The van der Waals surface area contributed by atoms with E-state index in [-0.39, 0.29) is 0 Å². The predicted octanol–water partition coefficient (Wildman–Crippen LogP) is 7.16. The molecular weight excluding hydrogens is 418 g/mol. The SMILES string of the molecule is CCOc1cc(CNC23CC4C[C@@](C)(C2)C[C@](C)(C4)C3)ccc1OCc1ccc(Cl)cc1. The minimum Gasteiger partial charge on any atom is -0.490 e. The van der Waals surface area contributed by atoms with Crippen LogP contribution in [0.2, 0.25) is 5.02 Å². The summed E-state index contributed by atoms with van der Waals surface area (Å²) in [5.74, 6) is 2.52. The molecule has 4 heteroatoms. The molecule has 0 aliphatic heterocycles. The Morgan fingerprint density at radius 1 is 0.875 bits per heavy atom. The first-order chi connectivity index (χ1) is 15.3. The molecule has 172 valence electrons. The molecule has 4 fully saturated rings. The van der Waals surface area contributed by atoms with Gasteiger partial charge in [0.05, 0.1) is 6.61 Å². The molecule has 4 bridgehead atoms. The Morgan fingerprint density at radius 3 is 2.22 bits per heavy atom. The minimum atomic E-state index is 0.304. The summed E-state index contributed by atoms with van der Waals surface area (Å²) in [7, 11) is 0. The number of ether oxygens (including phenoxy) is 2. The second-order valence-corrected chi connectivity index (χ2v) is 11.8. The quantitative estimate of drug-likeness (QED) is 0.460. The third-order valence-electron chi connectivity index (χ3n) is 7.91. The summed E-state index contributed by atoms with van der Waals surface area (Å²) in [4.78, 5) is 0. The van der Waals surface area contributed by atoms with E-state index < -0.39 is 0 Å². The average molecular weight is 454 g/mol. The third kappa shape index (κ3) is 4.52. The van der Waals surface area contributed by atoms with Gasteiger partial charge in [-0.05, 0) is 97.6 Å². The molecular formula is C28H36ClNO2. The Hall–Kier alpha value is -1.71. The van der Waals surface area contributed by atoms with Crippen LogP contribution >= 0.6 is 11.6 Å². The van der Waals surface area contributed by atoms with Crippen molar-refractivity contribution in [3.05, 3.63) is 58.6 Å². The Kier molecular flexibility index (Phi) is 5.70. The number of hydrogen-bond acceptors (Lipinski definition) is 3. The van der Waals surface area contributed by atoms with Crippen molar-refractivity contribution in [1.82, 2.24) is 5.32 Å². The molecule has 6 rings (SSSR count). The summed E-state index contributed by atoms with van der Waals surface area (Å²) < 4.78 is 12.0. The van der Waals surface area contributed by atoms with Crippen molar-refractivity contribution < 1.29 is 9.47 Å². The van der Waals surface area contributed by atoms with Crippen LogP contribution in [0.15, 0.2) is 42.5 Å². The van der Waals surface area contributed by atoms with E-state index in [1.54, 1.807) is 0 Å². The van der Waals surface area contributed by atoms with Gasteiger partial charge in [0.1, 0.15) is 6.61 Å². The molecule has 3 nitrogen and oxygen atoms in total. The van der Waals surface area contributed by atoms with Crippen LogP contribution in [0.1, 0.15) is 70.4 Å². The smallest absolute Gasteiger partial charge is 0.161 e. The molecule has 2 unspecified atom stereocenters. The third-order valence-corrected chi connectivity index (χ3v) is 8.16. The van der Waals surface area contributed by atoms with Gasteiger partial charge in [0.2, 0.25) is 0 Å². The fraction of sp³-hybridized carbons (Fsp3) is 0.571. The van der Waals surface area contributed by atoms with E-state index >= 15 is 0 Å². The maximum atomic E-state index is 6.09. The van der Waals surface area contributed by atoms with E-state index in [2.05, 4.69) is 37.4 Å². The van der Waals surface area contributed by atoms with Crippen molar-refractivity contribution in [2.45, 2.75) is 78.0 Å². The van der Waals surface area contributed by atoms with Crippen LogP contribution in [-0.2, 0) is 13.2 Å². The first-order valence-electron chi connectivity index (χ1n) is 12.2. The molecule has 1 N–H and O–H groups in total. The van der Waals surface area contributed by atoms with Gasteiger partial charge >= 0.3 is 0 Å². The molecule has 4 aliphatic carbocycles. The highest BCUT2D eigenvalue weighted by Gasteiger charge is 2.59. The summed E-state index contributed by atoms with van der Waals surface area (Å²) in [6, 6.07) is 14.2. The zero-order valence-electron chi connectivity index (χ0n) is 19.7. The van der Waals surface area contributed by atoms with Gasteiger partial charge in [-0.3, -0.25) is 0 Å². The van der Waals surface area contributed by atoms with Gasteiger partial charge in [-0.15, -0.1) is 0 Å². The highest BCUT2D eigenvalue weighted by Crippen LogP contribution is 2.66. The Labute approximate surface area is 197 Å². The number of nitrogens with one attached hydrogen (secondary N) is 1. The van der Waals surface area contributed by atoms with Gasteiger partial charge in [-0.2, -0.15) is 0 Å². The van der Waals surface area contributed by atoms with Crippen LogP contribution in [-0.4, -0.2) is 12.1 Å². The maximum Gasteiger partial charge on any atom is 0.161 e. The number of halogens is 1. The van der Waals surface area contributed by atoms with E-state index in [4.69, 9.17) is 21.1 Å². The first kappa shape index (κ1) is 22.1. The van der Waals surface area contributed by atoms with Gasteiger partial charge in [0.25, 0.3) is 0 Å². The number of hydrogen-bond donors (Lipinski definition) is 1. The molecule has 4 aliphatic rings. The molecule has 0 heterocycles. The fourth-order valence-electron chi connectivity index (χ4n) is 7.73. The highest BCUT2D eigenvalue weighted by molar-refractivity contribution is 6.30. The molecule has 0 amide bonds. The van der Waals surface area contributed by atoms with Crippen molar-refractivity contribution in [3.63, 3.8) is 0 Å². The van der Waals surface area contributed by atoms with E-state index in [0.29, 0.717) is 29.6 Å². The lowest BCUT2D eigenvalue weighted by atomic mass is 9.43. The molecule has 4 saturated carbocycles. The zero-order valence-corrected chi connectivity index (χ0v) is 20.4. The van der Waals surface area contributed by atoms with Crippen molar-refractivity contribution in [2.75, 3.05) is 6.61 Å². The molecule has 2 aromatic rings. The predicted molar refractivity (Wildman–Crippen MR) is 130 cm³/mol. The largest absolute Gasteiger partial charge is 0.490 e. The summed E-state index contributed by atoms with van der Waals surface area (Å²) in [6.45, 7) is 9.09. The molecule has 0 radical (unpaired) electrons. The van der Waals surface area contributed by atoms with Crippen LogP contribution in [0.25, 0.3) is 0 Å². The zero-order chi connectivity index (χ0) is 22.4. The summed E-state index contributed by atoms with van der Waals surface area (Å²) in [5, 5.41) is 4.78. The number of rotatable bonds is 8. The second-order valence-electron chi connectivity index (χ2n) is 11.4. The molecule has 0 aromatic heterocycles. The van der Waals surface area contributed by atoms with Gasteiger partial charge in [0.15, 0.2) is 11.5 Å². The summed E-state index contributed by atoms with van der Waals surface area (Å²) in [6.07, 6.45) is 8.27. The van der Waals surface area contributed by atoms with Crippen LogP contribution in [0.5, 0.6) is 11.5 Å². The maximum absolute atomic E-state index is 6.09. The van der Waals surface area contributed by atoms with E-state index in [1.165, 1.54) is 44.1 Å². The minimum absolute atomic E-state index is 0.304. The van der Waals surface area contributed by atoms with E-state index in [9.17, 15) is 0 Å². The topological polar surface area (TPSA) is 30.5 Å². The fourth-order valence-corrected chi connectivity index (χ4v) is 7.85. The lowest BCUT2D eigenvalue weighted by molar-refractivity contribution is -0.118. The van der Waals surface area contributed by atoms with Gasteiger partial charge < -0.3 is 14.8 Å². The van der Waals surface area contributed by atoms with Crippen LogP contribution in [0.4, 0.5) is 0 Å². The highest BCUT2D eigenvalue weighted by atomic mass is 35.5. The second kappa shape index (κ2) is 8.25. The normalized spacial score (nSPS) is 32.8. The molecule has 4 atom stereocenters. The molecule has 32 heavy (non-hydrogen) atoms. The Morgan fingerprint density at radius 2 is 1.56 bits per heavy atom. The van der Waals surface area contributed by atoms with Gasteiger partial charge in [-0.25, -0.2) is 0 Å². The lowest BCUT2D eigenvalue weighted by Gasteiger charge is -2.65. The van der Waals surface area contributed by atoms with Crippen LogP contribution in [0, 0.1) is 16.7 Å². The van der Waals surface area contributed by atoms with E-state index in [1.807, 2.05) is 31.2 Å². The van der Waals surface area contributed by atoms with E-state index in [0.717, 1.165) is 34.5 Å². The molecule has 0 saturated heterocycles. The van der Waals surface area contributed by atoms with Gasteiger partial charge in [0, 0.05) is 17.1 Å². The number of benzene rings is 2. The standard InChI is InChI=1S/C28H36ClNO2/c1-4-31-25-11-21(7-10-24(25)32-16-20-5-8-23(29)9-6-20)15-30-28-14-22-12-26(2,18-28)17-27(3,13-22)19-28/h5-11,22,30H,4,12-19H2,1-3H3/t22?,26-,27+,28?. The average Bonchev–Trinajstić information content (AvgIpc) is 2.70. The Balaban J connectivity index is 1.27. The monoisotopic (exact) mass is 453 g/mol. The van der Waals surface area contributed by atoms with Crippen molar-refractivity contribution >= 4 is 11.6 Å². The van der Waals surface area contributed by atoms with Crippen LogP contribution < -0.4 is 14.8 Å².